The van der Waals surface area contributed by atoms with Crippen LogP contribution >= 0.6 is 28.6 Å². The van der Waals surface area contributed by atoms with Gasteiger partial charge in [0.1, 0.15) is 0 Å². The summed E-state index contributed by atoms with van der Waals surface area (Å²) in [5.74, 6) is 0. The summed E-state index contributed by atoms with van der Waals surface area (Å²) >= 11 is 7.54. The minimum atomic E-state index is -0.0746. The Labute approximate surface area is 101 Å². The molecule has 0 atom stereocenters. The maximum Gasteiger partial charge on any atom is 0.261 e. The number of aromatic nitrogens is 2. The Morgan fingerprint density at radius 3 is 2.80 bits per heavy atom. The van der Waals surface area contributed by atoms with Crippen LogP contribution in [0.5, 0.6) is 0 Å². The van der Waals surface area contributed by atoms with Gasteiger partial charge >= 0.3 is 0 Å². The van der Waals surface area contributed by atoms with Crippen molar-refractivity contribution in [2.24, 2.45) is 7.05 Å². The van der Waals surface area contributed by atoms with Gasteiger partial charge in [-0.1, -0.05) is 0 Å². The van der Waals surface area contributed by atoms with Crippen LogP contribution in [0.25, 0.3) is 10.9 Å². The molecule has 0 radical (unpaired) electrons. The highest BCUT2D eigenvalue weighted by Gasteiger charge is 2.08. The summed E-state index contributed by atoms with van der Waals surface area (Å²) in [4.78, 5) is 16.2. The predicted molar refractivity (Wildman–Crippen MR) is 66.7 cm³/mol. The van der Waals surface area contributed by atoms with Crippen LogP contribution in [0.3, 0.4) is 0 Å². The number of fused-ring (bicyclic) bond motifs is 1. The minimum Gasteiger partial charge on any atom is -0.290 e. The Morgan fingerprint density at radius 1 is 1.47 bits per heavy atom. The molecule has 5 heteroatoms. The fourth-order valence-electron chi connectivity index (χ4n) is 1.46. The Bertz CT molecular complexity index is 606. The van der Waals surface area contributed by atoms with Crippen molar-refractivity contribution in [3.05, 3.63) is 32.5 Å². The van der Waals surface area contributed by atoms with Crippen LogP contribution in [0.1, 0.15) is 5.56 Å². The molecular formula is C10H9BrN2OS. The van der Waals surface area contributed by atoms with E-state index in [2.05, 4.69) is 33.5 Å². The van der Waals surface area contributed by atoms with E-state index in [-0.39, 0.29) is 5.56 Å². The number of benzene rings is 1. The molecule has 3 nitrogen and oxygen atoms in total. The van der Waals surface area contributed by atoms with E-state index in [1.807, 2.05) is 19.1 Å². The van der Waals surface area contributed by atoms with Gasteiger partial charge in [0.2, 0.25) is 0 Å². The zero-order valence-corrected chi connectivity index (χ0v) is 10.8. The molecule has 15 heavy (non-hydrogen) atoms. The van der Waals surface area contributed by atoms with Crippen LogP contribution in [-0.2, 0) is 7.05 Å². The normalized spacial score (nSPS) is 10.9. The van der Waals surface area contributed by atoms with Crippen LogP contribution in [-0.4, -0.2) is 9.55 Å². The average Bonchev–Trinajstić information content (AvgIpc) is 2.17. The number of nitrogens with zero attached hydrogens (tertiary/aromatic N) is 2. The number of hydrogen-bond acceptors (Lipinski definition) is 3. The quantitative estimate of drug-likeness (QED) is 0.595. The van der Waals surface area contributed by atoms with Crippen LogP contribution in [0.4, 0.5) is 0 Å². The van der Waals surface area contributed by atoms with Gasteiger partial charge in [0.05, 0.1) is 10.9 Å². The summed E-state index contributed by atoms with van der Waals surface area (Å²) in [6.45, 7) is 1.94. The smallest absolute Gasteiger partial charge is 0.261 e. The lowest BCUT2D eigenvalue weighted by Crippen LogP contribution is -2.19. The zero-order chi connectivity index (χ0) is 11.2. The van der Waals surface area contributed by atoms with Crippen molar-refractivity contribution in [1.82, 2.24) is 9.55 Å². The number of halogens is 1. The monoisotopic (exact) mass is 284 g/mol. The van der Waals surface area contributed by atoms with Crippen LogP contribution in [0, 0.1) is 6.92 Å². The Morgan fingerprint density at radius 2 is 2.13 bits per heavy atom. The topological polar surface area (TPSA) is 34.9 Å². The van der Waals surface area contributed by atoms with Crippen molar-refractivity contribution in [2.75, 3.05) is 0 Å². The van der Waals surface area contributed by atoms with Gasteiger partial charge in [-0.25, -0.2) is 4.98 Å². The molecule has 0 unspecified atom stereocenters. The second kappa shape index (κ2) is 3.64. The third-order valence-electron chi connectivity index (χ3n) is 2.25. The molecule has 1 aromatic heterocycles. The maximum absolute atomic E-state index is 11.9. The number of hydrogen-bond donors (Lipinski definition) is 1. The lowest BCUT2D eigenvalue weighted by Gasteiger charge is -2.06. The van der Waals surface area contributed by atoms with Gasteiger partial charge in [-0.2, -0.15) is 0 Å². The Kier molecular flexibility index (Phi) is 2.60. The van der Waals surface area contributed by atoms with Gasteiger partial charge in [-0.05, 0) is 40.5 Å². The van der Waals surface area contributed by atoms with Crippen molar-refractivity contribution in [2.45, 2.75) is 12.1 Å². The van der Waals surface area contributed by atoms with Gasteiger partial charge in [-0.3, -0.25) is 9.36 Å². The molecule has 0 aliphatic rings. The summed E-state index contributed by atoms with van der Waals surface area (Å²) in [6, 6.07) is 3.77. The second-order valence-corrected chi connectivity index (χ2v) is 4.67. The first-order valence-electron chi connectivity index (χ1n) is 4.36. The molecule has 2 aromatic rings. The average molecular weight is 285 g/mol. The highest BCUT2D eigenvalue weighted by atomic mass is 79.9. The molecule has 0 fully saturated rings. The molecule has 0 saturated heterocycles. The fourth-order valence-corrected chi connectivity index (χ4v) is 2.31. The third-order valence-corrected chi connectivity index (χ3v) is 3.26. The molecule has 1 heterocycles. The van der Waals surface area contributed by atoms with Crippen molar-refractivity contribution in [3.63, 3.8) is 0 Å². The predicted octanol–water partition coefficient (Wildman–Crippen LogP) is 2.29. The van der Waals surface area contributed by atoms with E-state index >= 15 is 0 Å². The largest absolute Gasteiger partial charge is 0.290 e. The van der Waals surface area contributed by atoms with Crippen molar-refractivity contribution in [1.29, 1.82) is 0 Å². The number of rotatable bonds is 0. The Balaban J connectivity index is 3.06. The van der Waals surface area contributed by atoms with Crippen molar-refractivity contribution >= 4 is 39.5 Å². The van der Waals surface area contributed by atoms with E-state index in [1.54, 1.807) is 7.05 Å². The molecule has 0 amide bonds. The molecule has 78 valence electrons. The zero-order valence-electron chi connectivity index (χ0n) is 8.28. The molecule has 0 N–H and O–H groups in total. The second-order valence-electron chi connectivity index (χ2n) is 3.42. The molecule has 0 aliphatic heterocycles. The Hall–Kier alpha value is -0.810. The summed E-state index contributed by atoms with van der Waals surface area (Å²) in [5.41, 5.74) is 1.61. The number of aryl methyl sites for hydroxylation is 1. The molecule has 1 aromatic carbocycles. The molecule has 0 spiro atoms. The van der Waals surface area contributed by atoms with E-state index in [0.717, 1.165) is 10.0 Å². The summed E-state index contributed by atoms with van der Waals surface area (Å²) in [6.07, 6.45) is 0. The third kappa shape index (κ3) is 1.70. The van der Waals surface area contributed by atoms with E-state index < -0.39 is 0 Å². The number of thiol groups is 1. The maximum atomic E-state index is 11.9. The van der Waals surface area contributed by atoms with Crippen molar-refractivity contribution in [3.8, 4) is 0 Å². The highest BCUT2D eigenvalue weighted by molar-refractivity contribution is 9.10. The van der Waals surface area contributed by atoms with Crippen LogP contribution in [0.2, 0.25) is 0 Å². The summed E-state index contributed by atoms with van der Waals surface area (Å²) in [7, 11) is 1.66. The van der Waals surface area contributed by atoms with Gasteiger partial charge < -0.3 is 0 Å². The molecular weight excluding hydrogens is 276 g/mol. The van der Waals surface area contributed by atoms with Crippen molar-refractivity contribution < 1.29 is 0 Å². The first-order valence-corrected chi connectivity index (χ1v) is 5.60. The van der Waals surface area contributed by atoms with E-state index in [0.29, 0.717) is 16.1 Å². The summed E-state index contributed by atoms with van der Waals surface area (Å²) in [5, 5.41) is 1.03. The van der Waals surface area contributed by atoms with Gasteiger partial charge in [-0.15, -0.1) is 12.6 Å². The molecule has 2 rings (SSSR count). The van der Waals surface area contributed by atoms with E-state index in [4.69, 9.17) is 0 Å². The van der Waals surface area contributed by atoms with Gasteiger partial charge in [0, 0.05) is 11.5 Å². The fraction of sp³-hybridized carbons (Fsp3) is 0.200. The SMILES string of the molecule is Cc1cc(Br)c2nc(S)n(C)c(=O)c2c1. The van der Waals surface area contributed by atoms with Crippen LogP contribution in [0.15, 0.2) is 26.6 Å². The lowest BCUT2D eigenvalue weighted by atomic mass is 10.2. The first-order chi connectivity index (χ1) is 7.00. The lowest BCUT2D eigenvalue weighted by molar-refractivity contribution is 0.729. The molecule has 0 bridgehead atoms. The van der Waals surface area contributed by atoms with Crippen LogP contribution < -0.4 is 5.56 Å². The highest BCUT2D eigenvalue weighted by Crippen LogP contribution is 2.22. The standard InChI is InChI=1S/C10H9BrN2OS/c1-5-3-6-8(7(11)4-5)12-10(15)13(2)9(6)14/h3-4H,1-2H3,(H,12,15). The van der Waals surface area contributed by atoms with E-state index in [9.17, 15) is 4.79 Å². The molecule has 0 aliphatic carbocycles. The van der Waals surface area contributed by atoms with Gasteiger partial charge in [0.25, 0.3) is 5.56 Å². The minimum absolute atomic E-state index is 0.0746. The molecule has 0 saturated carbocycles. The first kappa shape index (κ1) is 10.7. The summed E-state index contributed by atoms with van der Waals surface area (Å²) < 4.78 is 2.25. The van der Waals surface area contributed by atoms with Gasteiger partial charge in [0.15, 0.2) is 5.16 Å². The van der Waals surface area contributed by atoms with E-state index in [1.165, 1.54) is 4.57 Å².